The zero-order chi connectivity index (χ0) is 22.1. The maximum atomic E-state index is 12.3. The van der Waals surface area contributed by atoms with Crippen molar-refractivity contribution < 1.29 is 39.3 Å². The Hall–Kier alpha value is -1.33. The number of unbranched alkanes of at least 4 members (excludes halogenated alkanes) is 7. The van der Waals surface area contributed by atoms with Crippen LogP contribution in [0, 0.1) is 0 Å². The van der Waals surface area contributed by atoms with Crippen LogP contribution in [-0.4, -0.2) is 37.0 Å². The van der Waals surface area contributed by atoms with Gasteiger partial charge in [0.05, 0.1) is 0 Å². The minimum absolute atomic E-state index is 0.0464. The molecular formula is C18H26F6NO3S+. The van der Waals surface area contributed by atoms with Gasteiger partial charge in [0.25, 0.3) is 0 Å². The van der Waals surface area contributed by atoms with Gasteiger partial charge in [0.2, 0.25) is 0 Å². The van der Waals surface area contributed by atoms with Crippen LogP contribution in [0.15, 0.2) is 29.2 Å². The molecule has 1 aromatic carbocycles. The summed E-state index contributed by atoms with van der Waals surface area (Å²) in [7, 11) is -3.95. The normalized spacial score (nSPS) is 13.2. The molecule has 1 rings (SSSR count). The smallest absolute Gasteiger partial charge is 0.329 e. The van der Waals surface area contributed by atoms with Crippen LogP contribution in [0.1, 0.15) is 56.9 Å². The summed E-state index contributed by atoms with van der Waals surface area (Å²) < 4.78 is 103. The van der Waals surface area contributed by atoms with Gasteiger partial charge in [-0.25, -0.2) is 0 Å². The first-order valence-electron chi connectivity index (χ1n) is 9.31. The van der Waals surface area contributed by atoms with Crippen LogP contribution >= 0.6 is 0 Å². The Labute approximate surface area is 166 Å². The van der Waals surface area contributed by atoms with Crippen molar-refractivity contribution in [2.75, 3.05) is 6.54 Å². The summed E-state index contributed by atoms with van der Waals surface area (Å²) in [6, 6.07) is 6.14. The Kier molecular flexibility index (Phi) is 9.90. The largest absolute Gasteiger partial charge is 0.467 e. The molecule has 0 saturated heterocycles. The first-order valence-corrected chi connectivity index (χ1v) is 10.8. The van der Waals surface area contributed by atoms with Crippen molar-refractivity contribution >= 4 is 10.1 Å². The van der Waals surface area contributed by atoms with Gasteiger partial charge >= 0.3 is 22.7 Å². The van der Waals surface area contributed by atoms with Gasteiger partial charge in [-0.05, 0) is 37.0 Å². The average molecular weight is 450 g/mol. The van der Waals surface area contributed by atoms with E-state index in [4.69, 9.17) is 4.55 Å². The van der Waals surface area contributed by atoms with Gasteiger partial charge in [-0.15, -0.1) is 13.3 Å². The van der Waals surface area contributed by atoms with Crippen LogP contribution in [0.4, 0.5) is 26.3 Å². The van der Waals surface area contributed by atoms with Gasteiger partial charge in [-0.2, -0.15) is 26.3 Å². The fourth-order valence-electron chi connectivity index (χ4n) is 2.89. The third kappa shape index (κ3) is 10.3. The van der Waals surface area contributed by atoms with Gasteiger partial charge in [0, 0.05) is 6.54 Å². The number of hydrogen-bond acceptors (Lipinski definition) is 3. The molecule has 0 saturated carbocycles. The lowest BCUT2D eigenvalue weighted by atomic mass is 10.0. The number of nitrogens with zero attached hydrogens (tertiary/aromatic N) is 1. The Bertz CT molecular complexity index is 688. The van der Waals surface area contributed by atoms with E-state index in [0.717, 1.165) is 44.1 Å². The molecule has 11 heteroatoms. The van der Waals surface area contributed by atoms with Gasteiger partial charge in [0.15, 0.2) is 0 Å². The highest BCUT2D eigenvalue weighted by Gasteiger charge is 2.53. The second kappa shape index (κ2) is 11.2. The summed E-state index contributed by atoms with van der Waals surface area (Å²) in [5.41, 5.74) is 0.969. The fourth-order valence-corrected chi connectivity index (χ4v) is 3.39. The Balaban J connectivity index is 2.10. The van der Waals surface area contributed by atoms with E-state index < -0.39 is 34.2 Å². The highest BCUT2D eigenvalue weighted by molar-refractivity contribution is 7.85. The molecule has 0 aliphatic carbocycles. The molecule has 29 heavy (non-hydrogen) atoms. The van der Waals surface area contributed by atoms with Crippen molar-refractivity contribution in [1.29, 1.82) is 0 Å². The first kappa shape index (κ1) is 25.7. The molecular weight excluding hydrogens is 424 g/mol. The minimum atomic E-state index is -5.41. The predicted octanol–water partition coefficient (Wildman–Crippen LogP) is 5.10. The molecule has 0 aliphatic heterocycles. The van der Waals surface area contributed by atoms with Gasteiger partial charge < -0.3 is 4.55 Å². The quantitative estimate of drug-likeness (QED) is 0.193. The maximum Gasteiger partial charge on any atom is 0.467 e. The van der Waals surface area contributed by atoms with Crippen molar-refractivity contribution in [3.8, 4) is 0 Å². The topological polar surface area (TPSA) is 60.3 Å². The zero-order valence-corrected chi connectivity index (χ0v) is 16.6. The lowest BCUT2D eigenvalue weighted by Gasteiger charge is -2.26. The highest BCUT2D eigenvalue weighted by Crippen LogP contribution is 2.33. The summed E-state index contributed by atoms with van der Waals surface area (Å²) in [5, 5.41) is 0. The summed E-state index contributed by atoms with van der Waals surface area (Å²) in [6.07, 6.45) is -4.97. The van der Waals surface area contributed by atoms with Gasteiger partial charge in [-0.1, -0.05) is 50.7 Å². The summed E-state index contributed by atoms with van der Waals surface area (Å²) in [5.74, 6) is 0. The standard InChI is InChI=1S/C18H25F6NO3S/c19-17(20,21)25(18(22,23)24)14-8-6-4-2-1-3-5-7-9-15-10-12-16(13-11-15)29(26,27)28/h10-13H,1-9,14H2,(H,26,27,28)/p+1. The lowest BCUT2D eigenvalue weighted by Crippen LogP contribution is -2.48. The zero-order valence-electron chi connectivity index (χ0n) is 15.8. The number of alkyl halides is 6. The van der Waals surface area contributed by atoms with Crippen molar-refractivity contribution in [1.82, 2.24) is 4.90 Å². The SMILES string of the molecule is O=S(=O)([OH2+])c1ccc(CCCCCCCCCCN(C(F)(F)F)C(F)(F)F)cc1. The Morgan fingerprint density at radius 1 is 0.724 bits per heavy atom. The number of benzene rings is 1. The second-order valence-electron chi connectivity index (χ2n) is 6.81. The fraction of sp³-hybridized carbons (Fsp3) is 0.667. The molecule has 4 nitrogen and oxygen atoms in total. The van der Waals surface area contributed by atoms with E-state index in [1.807, 2.05) is 0 Å². The molecule has 1 aromatic rings. The maximum absolute atomic E-state index is 12.3. The monoisotopic (exact) mass is 450 g/mol. The Morgan fingerprint density at radius 2 is 1.14 bits per heavy atom. The van der Waals surface area contributed by atoms with Crippen molar-refractivity contribution in [2.45, 2.75) is 75.3 Å². The van der Waals surface area contributed by atoms with E-state index in [1.165, 1.54) is 12.1 Å². The number of hydrogen-bond donors (Lipinski definition) is 0. The first-order chi connectivity index (χ1) is 13.3. The van der Waals surface area contributed by atoms with E-state index >= 15 is 0 Å². The molecule has 0 fully saturated rings. The molecule has 0 bridgehead atoms. The van der Waals surface area contributed by atoms with Gasteiger partial charge in [-0.3, -0.25) is 0 Å². The molecule has 0 amide bonds. The molecule has 0 aliphatic rings. The number of rotatable bonds is 12. The molecule has 0 unspecified atom stereocenters. The third-order valence-electron chi connectivity index (χ3n) is 4.44. The van der Waals surface area contributed by atoms with Crippen LogP contribution < -0.4 is 0 Å². The predicted molar refractivity (Wildman–Crippen MR) is 96.7 cm³/mol. The summed E-state index contributed by atoms with van der Waals surface area (Å²) >= 11 is 0. The average Bonchev–Trinajstić information content (AvgIpc) is 2.57. The van der Waals surface area contributed by atoms with Gasteiger partial charge in [0.1, 0.15) is 4.90 Å². The molecule has 0 spiro atoms. The molecule has 2 N–H and O–H groups in total. The van der Waals surface area contributed by atoms with Crippen LogP contribution in [-0.2, 0) is 16.5 Å². The molecule has 0 aromatic heterocycles. The van der Waals surface area contributed by atoms with Crippen LogP contribution in [0.2, 0.25) is 0 Å². The number of halogens is 6. The van der Waals surface area contributed by atoms with E-state index in [0.29, 0.717) is 12.8 Å². The van der Waals surface area contributed by atoms with Crippen molar-refractivity contribution in [3.05, 3.63) is 29.8 Å². The molecule has 0 radical (unpaired) electrons. The van der Waals surface area contributed by atoms with E-state index in [2.05, 4.69) is 0 Å². The lowest BCUT2D eigenvalue weighted by molar-refractivity contribution is -0.372. The minimum Gasteiger partial charge on any atom is -0.329 e. The number of aryl methyl sites for hydroxylation is 1. The second-order valence-corrected chi connectivity index (χ2v) is 8.29. The van der Waals surface area contributed by atoms with Crippen LogP contribution in [0.3, 0.4) is 0 Å². The molecule has 0 atom stereocenters. The molecule has 168 valence electrons. The Morgan fingerprint density at radius 3 is 1.55 bits per heavy atom. The van der Waals surface area contributed by atoms with Crippen molar-refractivity contribution in [2.24, 2.45) is 0 Å². The summed E-state index contributed by atoms with van der Waals surface area (Å²) in [4.78, 5) is -1.43. The third-order valence-corrected chi connectivity index (χ3v) is 5.34. The van der Waals surface area contributed by atoms with Crippen molar-refractivity contribution in [3.63, 3.8) is 0 Å². The van der Waals surface area contributed by atoms with Crippen LogP contribution in [0.5, 0.6) is 0 Å². The van der Waals surface area contributed by atoms with Crippen LogP contribution in [0.25, 0.3) is 0 Å². The molecule has 0 heterocycles. The van der Waals surface area contributed by atoms with E-state index in [1.54, 1.807) is 12.1 Å². The van der Waals surface area contributed by atoms with E-state index in [9.17, 15) is 34.8 Å². The van der Waals surface area contributed by atoms with E-state index in [-0.39, 0.29) is 11.3 Å². The highest BCUT2D eigenvalue weighted by atomic mass is 32.2. The summed E-state index contributed by atoms with van der Waals surface area (Å²) in [6.45, 7) is -1.08.